The Morgan fingerprint density at radius 3 is 2.38 bits per heavy atom. The van der Waals surface area contributed by atoms with Gasteiger partial charge in [-0.1, -0.05) is 13.8 Å². The number of hydrogen-bond donors (Lipinski definition) is 2. The Bertz CT molecular complexity index is 413. The number of rotatable bonds is 6. The van der Waals surface area contributed by atoms with E-state index in [0.717, 1.165) is 25.7 Å². The highest BCUT2D eigenvalue weighted by Crippen LogP contribution is 2.58. The van der Waals surface area contributed by atoms with Gasteiger partial charge in [-0.25, -0.2) is 0 Å². The van der Waals surface area contributed by atoms with Gasteiger partial charge in [0.2, 0.25) is 0 Å². The van der Waals surface area contributed by atoms with Crippen LogP contribution in [0.15, 0.2) is 0 Å². The van der Waals surface area contributed by atoms with Gasteiger partial charge in [0.15, 0.2) is 5.78 Å². The Morgan fingerprint density at radius 1 is 1.29 bits per heavy atom. The third-order valence-electron chi connectivity index (χ3n) is 6.29. The highest BCUT2D eigenvalue weighted by atomic mass is 16.5. The molecule has 21 heavy (non-hydrogen) atoms. The van der Waals surface area contributed by atoms with Crippen LogP contribution < -0.4 is 0 Å². The molecule has 0 spiro atoms. The van der Waals surface area contributed by atoms with Crippen molar-refractivity contribution >= 4 is 5.78 Å². The maximum Gasteiger partial charge on any atom is 0.166 e. The average molecular weight is 296 g/mol. The monoisotopic (exact) mass is 296 g/mol. The van der Waals surface area contributed by atoms with Gasteiger partial charge in [-0.15, -0.1) is 0 Å². The van der Waals surface area contributed by atoms with Gasteiger partial charge < -0.3 is 14.9 Å². The molecule has 4 aliphatic rings. The molecule has 4 saturated carbocycles. The van der Waals surface area contributed by atoms with Crippen LogP contribution in [-0.2, 0) is 9.53 Å². The molecule has 4 aliphatic carbocycles. The van der Waals surface area contributed by atoms with Crippen molar-refractivity contribution < 1.29 is 19.7 Å². The lowest BCUT2D eigenvalue weighted by Gasteiger charge is -2.59. The molecule has 2 N–H and O–H groups in total. The number of aliphatic hydroxyl groups excluding tert-OH is 1. The number of carbonyl (C=O) groups is 1. The van der Waals surface area contributed by atoms with E-state index >= 15 is 0 Å². The summed E-state index contributed by atoms with van der Waals surface area (Å²) < 4.78 is 6.10. The fourth-order valence-corrected chi connectivity index (χ4v) is 5.09. The molecular formula is C17H28O4. The molecule has 4 heteroatoms. The fraction of sp³-hybridized carbons (Fsp3) is 0.941. The lowest BCUT2D eigenvalue weighted by Crippen LogP contribution is -2.60. The van der Waals surface area contributed by atoms with Crippen LogP contribution in [0.4, 0.5) is 0 Å². The predicted octanol–water partition coefficient (Wildman–Crippen LogP) is 2.06. The summed E-state index contributed by atoms with van der Waals surface area (Å²) >= 11 is 0. The van der Waals surface area contributed by atoms with Crippen molar-refractivity contribution in [1.82, 2.24) is 0 Å². The second-order valence-electron chi connectivity index (χ2n) is 8.15. The number of ether oxygens (including phenoxy) is 1. The molecule has 0 aliphatic heterocycles. The van der Waals surface area contributed by atoms with E-state index in [9.17, 15) is 15.0 Å². The molecule has 4 rings (SSSR count). The largest absolute Gasteiger partial charge is 0.395 e. The normalized spacial score (nSPS) is 43.8. The van der Waals surface area contributed by atoms with E-state index in [4.69, 9.17) is 4.74 Å². The van der Waals surface area contributed by atoms with Crippen molar-refractivity contribution in [2.75, 3.05) is 13.2 Å². The highest BCUT2D eigenvalue weighted by molar-refractivity contribution is 5.85. The summed E-state index contributed by atoms with van der Waals surface area (Å²) in [5.74, 6) is 1.10. The number of Topliss-reactive ketones (excluding diaryl/α,β-unsaturated/α-hetero) is 1. The van der Waals surface area contributed by atoms with E-state index < -0.39 is 11.0 Å². The standard InChI is InChI=1S/C17H28O4/c1-3-15(2,11-18)14(19)9-21-17-7-12-4-13(8-17)6-16(20,5-12)10-17/h12-13,18,20H,3-11H2,1-2H3. The van der Waals surface area contributed by atoms with Crippen LogP contribution in [0, 0.1) is 17.3 Å². The van der Waals surface area contributed by atoms with Gasteiger partial charge >= 0.3 is 0 Å². The summed E-state index contributed by atoms with van der Waals surface area (Å²) in [6.45, 7) is 3.65. The van der Waals surface area contributed by atoms with Crippen molar-refractivity contribution in [3.05, 3.63) is 0 Å². The van der Waals surface area contributed by atoms with Crippen molar-refractivity contribution in [3.63, 3.8) is 0 Å². The smallest absolute Gasteiger partial charge is 0.166 e. The van der Waals surface area contributed by atoms with Crippen LogP contribution >= 0.6 is 0 Å². The molecule has 3 atom stereocenters. The van der Waals surface area contributed by atoms with Crippen LogP contribution in [0.2, 0.25) is 0 Å². The van der Waals surface area contributed by atoms with Gasteiger partial charge in [0.25, 0.3) is 0 Å². The lowest BCUT2D eigenvalue weighted by molar-refractivity contribution is -0.220. The van der Waals surface area contributed by atoms with Crippen LogP contribution in [0.5, 0.6) is 0 Å². The first-order valence-electron chi connectivity index (χ1n) is 8.33. The van der Waals surface area contributed by atoms with E-state index in [1.165, 1.54) is 6.42 Å². The van der Waals surface area contributed by atoms with Crippen LogP contribution in [0.25, 0.3) is 0 Å². The molecule has 4 nitrogen and oxygen atoms in total. The van der Waals surface area contributed by atoms with E-state index in [2.05, 4.69) is 0 Å². The van der Waals surface area contributed by atoms with Crippen molar-refractivity contribution in [1.29, 1.82) is 0 Å². The second-order valence-corrected chi connectivity index (χ2v) is 8.15. The summed E-state index contributed by atoms with van der Waals surface area (Å²) in [7, 11) is 0. The summed E-state index contributed by atoms with van der Waals surface area (Å²) in [5.41, 5.74) is -1.55. The minimum Gasteiger partial charge on any atom is -0.395 e. The summed E-state index contributed by atoms with van der Waals surface area (Å²) in [6.07, 6.45) is 6.31. The average Bonchev–Trinajstić information content (AvgIpc) is 2.41. The third kappa shape index (κ3) is 2.66. The van der Waals surface area contributed by atoms with Crippen LogP contribution in [-0.4, -0.2) is 40.4 Å². The zero-order valence-corrected chi connectivity index (χ0v) is 13.2. The summed E-state index contributed by atoms with van der Waals surface area (Å²) in [6, 6.07) is 0. The Kier molecular flexibility index (Phi) is 3.70. The first-order chi connectivity index (χ1) is 9.82. The predicted molar refractivity (Wildman–Crippen MR) is 78.8 cm³/mol. The van der Waals surface area contributed by atoms with Gasteiger partial charge in [-0.05, 0) is 50.4 Å². The van der Waals surface area contributed by atoms with Crippen LogP contribution in [0.1, 0.15) is 58.8 Å². The Labute approximate surface area is 126 Å². The van der Waals surface area contributed by atoms with Gasteiger partial charge in [0.1, 0.15) is 6.61 Å². The van der Waals surface area contributed by atoms with Gasteiger partial charge in [0.05, 0.1) is 23.2 Å². The molecule has 0 radical (unpaired) electrons. The molecule has 0 aromatic heterocycles. The number of carbonyl (C=O) groups excluding carboxylic acids is 1. The first kappa shape index (κ1) is 15.4. The topological polar surface area (TPSA) is 66.8 Å². The maximum absolute atomic E-state index is 12.4. The molecule has 0 saturated heterocycles. The Hall–Kier alpha value is -0.450. The Morgan fingerprint density at radius 2 is 1.90 bits per heavy atom. The quantitative estimate of drug-likeness (QED) is 0.787. The van der Waals surface area contributed by atoms with E-state index in [0.29, 0.717) is 24.7 Å². The highest BCUT2D eigenvalue weighted by Gasteiger charge is 2.58. The van der Waals surface area contributed by atoms with Crippen molar-refractivity contribution in [2.24, 2.45) is 17.3 Å². The van der Waals surface area contributed by atoms with E-state index in [-0.39, 0.29) is 24.6 Å². The molecule has 4 fully saturated rings. The lowest BCUT2D eigenvalue weighted by atomic mass is 9.52. The zero-order valence-electron chi connectivity index (χ0n) is 13.2. The van der Waals surface area contributed by atoms with Gasteiger partial charge in [-0.3, -0.25) is 4.79 Å². The van der Waals surface area contributed by atoms with Crippen LogP contribution in [0.3, 0.4) is 0 Å². The molecule has 0 amide bonds. The van der Waals surface area contributed by atoms with Crippen molar-refractivity contribution in [3.8, 4) is 0 Å². The summed E-state index contributed by atoms with van der Waals surface area (Å²) in [4.78, 5) is 12.4. The van der Waals surface area contributed by atoms with Crippen molar-refractivity contribution in [2.45, 2.75) is 70.0 Å². The molecule has 0 aromatic carbocycles. The molecule has 120 valence electrons. The molecular weight excluding hydrogens is 268 g/mol. The maximum atomic E-state index is 12.4. The van der Waals surface area contributed by atoms with E-state index in [1.54, 1.807) is 6.92 Å². The van der Waals surface area contributed by atoms with E-state index in [1.807, 2.05) is 6.92 Å². The fourth-order valence-electron chi connectivity index (χ4n) is 5.09. The summed E-state index contributed by atoms with van der Waals surface area (Å²) in [5, 5.41) is 20.1. The third-order valence-corrected chi connectivity index (χ3v) is 6.29. The number of ketones is 1. The van der Waals surface area contributed by atoms with Gasteiger partial charge in [-0.2, -0.15) is 0 Å². The molecule has 4 bridgehead atoms. The first-order valence-corrected chi connectivity index (χ1v) is 8.33. The molecule has 0 aromatic rings. The Balaban J connectivity index is 1.67. The minimum atomic E-state index is -0.695. The molecule has 0 heterocycles. The number of aliphatic hydroxyl groups is 2. The minimum absolute atomic E-state index is 0.0183. The zero-order chi connectivity index (χ0) is 15.3. The SMILES string of the molecule is CCC(C)(CO)C(=O)COC12CC3CC(CC(O)(C3)C1)C2. The second kappa shape index (κ2) is 5.04. The molecule has 3 unspecified atom stereocenters. The van der Waals surface area contributed by atoms with Gasteiger partial charge in [0, 0.05) is 6.42 Å². The number of hydrogen-bond acceptors (Lipinski definition) is 4.